The molecule has 0 saturated heterocycles. The van der Waals surface area contributed by atoms with E-state index in [0.717, 1.165) is 40.5 Å². The van der Waals surface area contributed by atoms with Crippen LogP contribution in [0.1, 0.15) is 42.5 Å². The molecule has 0 fully saturated rings. The fourth-order valence-electron chi connectivity index (χ4n) is 3.74. The van der Waals surface area contributed by atoms with Gasteiger partial charge in [0, 0.05) is 17.5 Å². The second-order valence-corrected chi connectivity index (χ2v) is 6.63. The van der Waals surface area contributed by atoms with Crippen LogP contribution in [0.3, 0.4) is 0 Å². The van der Waals surface area contributed by atoms with Crippen LogP contribution in [0.25, 0.3) is 0 Å². The topological polar surface area (TPSA) is 47.2 Å². The van der Waals surface area contributed by atoms with Crippen molar-refractivity contribution in [2.45, 2.75) is 25.6 Å². The zero-order valence-corrected chi connectivity index (χ0v) is 15.0. The molecule has 5 nitrogen and oxygen atoms in total. The molecule has 27 heavy (non-hydrogen) atoms. The SMILES string of the molecule is CCOc1ccc(C2Oc3ccccc3C3CC(c4ccco4)=NN32)cc1. The van der Waals surface area contributed by atoms with Crippen LogP contribution in [0.4, 0.5) is 0 Å². The van der Waals surface area contributed by atoms with E-state index in [1.54, 1.807) is 6.26 Å². The van der Waals surface area contributed by atoms with Crippen molar-refractivity contribution >= 4 is 5.71 Å². The van der Waals surface area contributed by atoms with Crippen LogP contribution < -0.4 is 9.47 Å². The van der Waals surface area contributed by atoms with Crippen molar-refractivity contribution in [2.75, 3.05) is 6.61 Å². The minimum absolute atomic E-state index is 0.131. The number of rotatable bonds is 4. The molecule has 3 heterocycles. The lowest BCUT2D eigenvalue weighted by Gasteiger charge is -2.38. The highest BCUT2D eigenvalue weighted by molar-refractivity contribution is 5.99. The average molecular weight is 360 g/mol. The number of furan rings is 1. The summed E-state index contributed by atoms with van der Waals surface area (Å²) >= 11 is 0. The molecule has 3 aromatic rings. The van der Waals surface area contributed by atoms with Crippen LogP contribution in [-0.4, -0.2) is 17.3 Å². The summed E-state index contributed by atoms with van der Waals surface area (Å²) in [4.78, 5) is 0. The molecule has 0 saturated carbocycles. The molecule has 0 amide bonds. The van der Waals surface area contributed by atoms with Crippen LogP contribution in [0, 0.1) is 0 Å². The number of hydrogen-bond acceptors (Lipinski definition) is 5. The van der Waals surface area contributed by atoms with Crippen LogP contribution in [0.15, 0.2) is 76.4 Å². The van der Waals surface area contributed by atoms with Crippen molar-refractivity contribution in [1.29, 1.82) is 0 Å². The molecule has 1 aromatic heterocycles. The molecule has 0 N–H and O–H groups in total. The van der Waals surface area contributed by atoms with E-state index >= 15 is 0 Å². The number of nitrogens with zero attached hydrogens (tertiary/aromatic N) is 2. The first-order valence-corrected chi connectivity index (χ1v) is 9.21. The van der Waals surface area contributed by atoms with Crippen molar-refractivity contribution in [3.05, 3.63) is 83.8 Å². The van der Waals surface area contributed by atoms with Crippen LogP contribution in [0.5, 0.6) is 11.5 Å². The van der Waals surface area contributed by atoms with Gasteiger partial charge < -0.3 is 13.9 Å². The third kappa shape index (κ3) is 2.76. The standard InChI is InChI=1S/C22H20N2O3/c1-2-25-16-11-9-15(10-12-16)22-24-19(17-6-3-4-7-20(17)27-22)14-18(23-24)21-8-5-13-26-21/h3-13,19,22H,2,14H2,1H3. The number of hydrazone groups is 1. The lowest BCUT2D eigenvalue weighted by Crippen LogP contribution is -2.33. The summed E-state index contributed by atoms with van der Waals surface area (Å²) in [5.74, 6) is 2.58. The summed E-state index contributed by atoms with van der Waals surface area (Å²) in [6.45, 7) is 2.63. The maximum Gasteiger partial charge on any atom is 0.213 e. The van der Waals surface area contributed by atoms with Crippen molar-refractivity contribution < 1.29 is 13.9 Å². The lowest BCUT2D eigenvalue weighted by molar-refractivity contribution is -0.0190. The predicted molar refractivity (Wildman–Crippen MR) is 102 cm³/mol. The highest BCUT2D eigenvalue weighted by Crippen LogP contribution is 2.47. The van der Waals surface area contributed by atoms with Gasteiger partial charge in [-0.3, -0.25) is 0 Å². The van der Waals surface area contributed by atoms with Crippen molar-refractivity contribution in [3.63, 3.8) is 0 Å². The summed E-state index contributed by atoms with van der Waals surface area (Å²) in [5.41, 5.74) is 3.15. The summed E-state index contributed by atoms with van der Waals surface area (Å²) in [7, 11) is 0. The zero-order chi connectivity index (χ0) is 18.2. The average Bonchev–Trinajstić information content (AvgIpc) is 3.38. The van der Waals surface area contributed by atoms with Crippen molar-refractivity contribution in [1.82, 2.24) is 5.01 Å². The molecule has 2 atom stereocenters. The molecular formula is C22H20N2O3. The van der Waals surface area contributed by atoms with E-state index in [4.69, 9.17) is 19.0 Å². The van der Waals surface area contributed by atoms with Crippen molar-refractivity contribution in [3.8, 4) is 11.5 Å². The highest BCUT2D eigenvalue weighted by atomic mass is 16.5. The fourth-order valence-corrected chi connectivity index (χ4v) is 3.74. The molecule has 2 aromatic carbocycles. The third-order valence-corrected chi connectivity index (χ3v) is 4.98. The van der Waals surface area contributed by atoms with Gasteiger partial charge in [0.05, 0.1) is 18.9 Å². The Morgan fingerprint density at radius 2 is 1.93 bits per heavy atom. The second kappa shape index (κ2) is 6.50. The van der Waals surface area contributed by atoms with Gasteiger partial charge in [0.1, 0.15) is 23.0 Å². The van der Waals surface area contributed by atoms with Gasteiger partial charge >= 0.3 is 0 Å². The molecule has 2 unspecified atom stereocenters. The largest absolute Gasteiger partial charge is 0.494 e. The second-order valence-electron chi connectivity index (χ2n) is 6.63. The van der Waals surface area contributed by atoms with Gasteiger partial charge in [-0.15, -0.1) is 0 Å². The molecular weight excluding hydrogens is 340 g/mol. The van der Waals surface area contributed by atoms with Gasteiger partial charge in [-0.2, -0.15) is 5.10 Å². The number of para-hydroxylation sites is 1. The Morgan fingerprint density at radius 3 is 2.70 bits per heavy atom. The van der Waals surface area contributed by atoms with Gasteiger partial charge in [-0.05, 0) is 49.4 Å². The monoisotopic (exact) mass is 360 g/mol. The lowest BCUT2D eigenvalue weighted by atomic mass is 9.97. The summed E-state index contributed by atoms with van der Waals surface area (Å²) < 4.78 is 17.5. The molecule has 0 radical (unpaired) electrons. The number of benzene rings is 2. The van der Waals surface area contributed by atoms with Gasteiger partial charge in [-0.1, -0.05) is 18.2 Å². The molecule has 2 aliphatic rings. The van der Waals surface area contributed by atoms with Crippen LogP contribution >= 0.6 is 0 Å². The first kappa shape index (κ1) is 16.0. The van der Waals surface area contributed by atoms with E-state index < -0.39 is 0 Å². The quantitative estimate of drug-likeness (QED) is 0.662. The highest BCUT2D eigenvalue weighted by Gasteiger charge is 2.41. The molecule has 0 spiro atoms. The molecule has 0 bridgehead atoms. The minimum atomic E-state index is -0.284. The Morgan fingerprint density at radius 1 is 1.07 bits per heavy atom. The molecule has 5 rings (SSSR count). The molecule has 136 valence electrons. The Hall–Kier alpha value is -3.21. The maximum absolute atomic E-state index is 6.34. The van der Waals surface area contributed by atoms with E-state index in [2.05, 4.69) is 11.1 Å². The number of hydrogen-bond donors (Lipinski definition) is 0. The molecule has 2 aliphatic heterocycles. The third-order valence-electron chi connectivity index (χ3n) is 4.98. The zero-order valence-electron chi connectivity index (χ0n) is 15.0. The van der Waals surface area contributed by atoms with Gasteiger partial charge in [-0.25, -0.2) is 5.01 Å². The normalized spacial score (nSPS) is 20.5. The molecule has 5 heteroatoms. The summed E-state index contributed by atoms with van der Waals surface area (Å²) in [6, 6.07) is 20.2. The van der Waals surface area contributed by atoms with E-state index in [9.17, 15) is 0 Å². The van der Waals surface area contributed by atoms with Gasteiger partial charge in [0.25, 0.3) is 0 Å². The number of ether oxygens (including phenoxy) is 2. The smallest absolute Gasteiger partial charge is 0.213 e. The number of fused-ring (bicyclic) bond motifs is 3. The molecule has 0 aliphatic carbocycles. The van der Waals surface area contributed by atoms with E-state index in [-0.39, 0.29) is 12.3 Å². The van der Waals surface area contributed by atoms with Crippen LogP contribution in [0.2, 0.25) is 0 Å². The Labute approximate surface area is 157 Å². The Bertz CT molecular complexity index is 963. The summed E-state index contributed by atoms with van der Waals surface area (Å²) in [5, 5.41) is 6.92. The van der Waals surface area contributed by atoms with E-state index in [1.807, 2.05) is 61.5 Å². The van der Waals surface area contributed by atoms with E-state index in [0.29, 0.717) is 6.61 Å². The fraction of sp³-hybridized carbons (Fsp3) is 0.227. The Kier molecular flexibility index (Phi) is 3.85. The summed E-state index contributed by atoms with van der Waals surface area (Å²) in [6.07, 6.45) is 2.19. The maximum atomic E-state index is 6.34. The van der Waals surface area contributed by atoms with E-state index in [1.165, 1.54) is 0 Å². The Balaban J connectivity index is 1.54. The first-order valence-electron chi connectivity index (χ1n) is 9.21. The van der Waals surface area contributed by atoms with Gasteiger partial charge in [0.15, 0.2) is 0 Å². The first-order chi connectivity index (χ1) is 13.3. The van der Waals surface area contributed by atoms with Gasteiger partial charge in [0.2, 0.25) is 6.23 Å². The van der Waals surface area contributed by atoms with Crippen LogP contribution in [-0.2, 0) is 0 Å². The van der Waals surface area contributed by atoms with Crippen molar-refractivity contribution in [2.24, 2.45) is 5.10 Å². The minimum Gasteiger partial charge on any atom is -0.494 e. The predicted octanol–water partition coefficient (Wildman–Crippen LogP) is 4.92.